The molecule has 0 unspecified atom stereocenters. The second kappa shape index (κ2) is 5.47. The van der Waals surface area contributed by atoms with Crippen molar-refractivity contribution < 1.29 is 17.9 Å². The van der Waals surface area contributed by atoms with E-state index in [1.165, 1.54) is 23.5 Å². The third-order valence-corrected chi connectivity index (χ3v) is 5.43. The van der Waals surface area contributed by atoms with E-state index in [1.54, 1.807) is 0 Å². The van der Waals surface area contributed by atoms with E-state index in [2.05, 4.69) is 15.9 Å². The summed E-state index contributed by atoms with van der Waals surface area (Å²) >= 11 is 3.13. The normalized spacial score (nSPS) is 16.1. The average molecular weight is 352 g/mol. The Balaban J connectivity index is 2.41. The van der Waals surface area contributed by atoms with Crippen molar-refractivity contribution in [3.05, 3.63) is 28.0 Å². The number of hydrogen-bond acceptors (Lipinski definition) is 3. The van der Waals surface area contributed by atoms with E-state index in [9.17, 15) is 12.8 Å². The number of halogens is 2. The molecule has 0 spiro atoms. The summed E-state index contributed by atoms with van der Waals surface area (Å²) in [7, 11) is -2.41. The first-order chi connectivity index (χ1) is 8.86. The van der Waals surface area contributed by atoms with Crippen LogP contribution in [-0.4, -0.2) is 31.4 Å². The summed E-state index contributed by atoms with van der Waals surface area (Å²) < 4.78 is 40.3. The minimum absolute atomic E-state index is 0.0345. The number of nitrogens with zero attached hydrogens (tertiary/aromatic N) is 1. The Kier molecular flexibility index (Phi) is 4.29. The highest BCUT2D eigenvalue weighted by atomic mass is 79.9. The summed E-state index contributed by atoms with van der Waals surface area (Å²) in [4.78, 5) is -0.394. The SMILES string of the molecule is CN(CC1CC1)S(=O)(=O)c1cc(Br)cc(CO)c1F. The monoisotopic (exact) mass is 351 g/mol. The highest BCUT2D eigenvalue weighted by Gasteiger charge is 2.31. The minimum atomic E-state index is -3.86. The molecule has 0 radical (unpaired) electrons. The van der Waals surface area contributed by atoms with Crippen LogP contribution in [0.3, 0.4) is 0 Å². The van der Waals surface area contributed by atoms with Gasteiger partial charge in [0.15, 0.2) is 0 Å². The van der Waals surface area contributed by atoms with Gasteiger partial charge in [-0.3, -0.25) is 0 Å². The minimum Gasteiger partial charge on any atom is -0.392 e. The third kappa shape index (κ3) is 3.16. The Bertz CT molecular complexity index is 587. The van der Waals surface area contributed by atoms with Gasteiger partial charge in [-0.1, -0.05) is 15.9 Å². The lowest BCUT2D eigenvalue weighted by Crippen LogP contribution is -2.29. The summed E-state index contributed by atoms with van der Waals surface area (Å²) in [5, 5.41) is 9.06. The van der Waals surface area contributed by atoms with Crippen molar-refractivity contribution >= 4 is 26.0 Å². The van der Waals surface area contributed by atoms with Crippen molar-refractivity contribution in [2.45, 2.75) is 24.3 Å². The molecule has 0 aromatic heterocycles. The maximum absolute atomic E-state index is 14.1. The molecule has 1 aromatic rings. The first-order valence-corrected chi connectivity index (χ1v) is 8.14. The molecule has 1 aliphatic rings. The molecule has 19 heavy (non-hydrogen) atoms. The molecule has 1 N–H and O–H groups in total. The Hall–Kier alpha value is -0.500. The fourth-order valence-corrected chi connectivity index (χ4v) is 3.88. The second-order valence-electron chi connectivity index (χ2n) is 4.76. The molecule has 0 atom stereocenters. The van der Waals surface area contributed by atoms with Crippen LogP contribution in [0.5, 0.6) is 0 Å². The average Bonchev–Trinajstić information content (AvgIpc) is 3.15. The van der Waals surface area contributed by atoms with Gasteiger partial charge in [0.2, 0.25) is 10.0 Å². The zero-order valence-electron chi connectivity index (χ0n) is 10.4. The lowest BCUT2D eigenvalue weighted by Gasteiger charge is -2.18. The Labute approximate surface area is 120 Å². The lowest BCUT2D eigenvalue weighted by molar-refractivity contribution is 0.274. The number of aliphatic hydroxyl groups is 1. The smallest absolute Gasteiger partial charge is 0.245 e. The summed E-state index contributed by atoms with van der Waals surface area (Å²) in [5.74, 6) is -0.499. The second-order valence-corrected chi connectivity index (χ2v) is 7.69. The highest BCUT2D eigenvalue weighted by molar-refractivity contribution is 9.10. The zero-order chi connectivity index (χ0) is 14.2. The van der Waals surface area contributed by atoms with Crippen molar-refractivity contribution in [1.29, 1.82) is 0 Å². The van der Waals surface area contributed by atoms with E-state index < -0.39 is 27.3 Å². The fourth-order valence-electron chi connectivity index (χ4n) is 1.85. The quantitative estimate of drug-likeness (QED) is 0.883. The van der Waals surface area contributed by atoms with E-state index in [0.29, 0.717) is 16.9 Å². The molecule has 1 fully saturated rings. The van der Waals surface area contributed by atoms with E-state index >= 15 is 0 Å². The van der Waals surface area contributed by atoms with Crippen LogP contribution in [0.2, 0.25) is 0 Å². The van der Waals surface area contributed by atoms with E-state index in [0.717, 1.165) is 12.8 Å². The van der Waals surface area contributed by atoms with Crippen LogP contribution >= 0.6 is 15.9 Å². The van der Waals surface area contributed by atoms with Crippen LogP contribution in [-0.2, 0) is 16.6 Å². The van der Waals surface area contributed by atoms with Crippen molar-refractivity contribution in [2.75, 3.05) is 13.6 Å². The Morgan fingerprint density at radius 3 is 2.63 bits per heavy atom. The highest BCUT2D eigenvalue weighted by Crippen LogP contribution is 2.32. The van der Waals surface area contributed by atoms with Gasteiger partial charge in [-0.2, -0.15) is 0 Å². The molecule has 1 aliphatic carbocycles. The van der Waals surface area contributed by atoms with Gasteiger partial charge in [0.1, 0.15) is 10.7 Å². The van der Waals surface area contributed by atoms with Crippen LogP contribution in [0.4, 0.5) is 4.39 Å². The molecule has 4 nitrogen and oxygen atoms in total. The van der Waals surface area contributed by atoms with Gasteiger partial charge >= 0.3 is 0 Å². The number of hydrogen-bond donors (Lipinski definition) is 1. The summed E-state index contributed by atoms with van der Waals surface area (Å²) in [5.41, 5.74) is -0.0345. The Morgan fingerprint density at radius 1 is 1.47 bits per heavy atom. The van der Waals surface area contributed by atoms with Crippen LogP contribution in [0.25, 0.3) is 0 Å². The maximum atomic E-state index is 14.1. The molecule has 1 saturated carbocycles. The summed E-state index contributed by atoms with van der Waals surface area (Å²) in [6, 6.07) is 2.60. The van der Waals surface area contributed by atoms with Gasteiger partial charge in [0.25, 0.3) is 0 Å². The van der Waals surface area contributed by atoms with Gasteiger partial charge in [0.05, 0.1) is 6.61 Å². The van der Waals surface area contributed by atoms with Crippen molar-refractivity contribution in [3.8, 4) is 0 Å². The van der Waals surface area contributed by atoms with Crippen molar-refractivity contribution in [3.63, 3.8) is 0 Å². The zero-order valence-corrected chi connectivity index (χ0v) is 12.8. The molecular formula is C12H15BrFNO3S. The van der Waals surface area contributed by atoms with Crippen LogP contribution in [0.15, 0.2) is 21.5 Å². The predicted octanol–water partition coefficient (Wildman–Crippen LogP) is 2.11. The van der Waals surface area contributed by atoms with Gasteiger partial charge in [-0.05, 0) is 30.9 Å². The van der Waals surface area contributed by atoms with E-state index in [1.807, 2.05) is 0 Å². The van der Waals surface area contributed by atoms with E-state index in [-0.39, 0.29) is 5.56 Å². The molecular weight excluding hydrogens is 337 g/mol. The fraction of sp³-hybridized carbons (Fsp3) is 0.500. The van der Waals surface area contributed by atoms with Gasteiger partial charge < -0.3 is 5.11 Å². The molecule has 0 aliphatic heterocycles. The number of sulfonamides is 1. The summed E-state index contributed by atoms with van der Waals surface area (Å²) in [6.07, 6.45) is 2.03. The van der Waals surface area contributed by atoms with E-state index in [4.69, 9.17) is 5.11 Å². The molecule has 0 saturated heterocycles. The molecule has 2 rings (SSSR count). The summed E-state index contributed by atoms with van der Waals surface area (Å²) in [6.45, 7) is -0.136. The maximum Gasteiger partial charge on any atom is 0.245 e. The lowest BCUT2D eigenvalue weighted by atomic mass is 10.2. The molecule has 7 heteroatoms. The topological polar surface area (TPSA) is 57.6 Å². The van der Waals surface area contributed by atoms with Crippen LogP contribution < -0.4 is 0 Å². The van der Waals surface area contributed by atoms with Gasteiger partial charge in [-0.15, -0.1) is 0 Å². The van der Waals surface area contributed by atoms with Crippen LogP contribution in [0, 0.1) is 11.7 Å². The molecule has 106 valence electrons. The standard InChI is InChI=1S/C12H15BrFNO3S/c1-15(6-8-2-3-8)19(17,18)11-5-10(13)4-9(7-16)12(11)14/h4-5,8,16H,2-3,6-7H2,1H3. The Morgan fingerprint density at radius 2 is 2.11 bits per heavy atom. The number of rotatable bonds is 5. The molecule has 0 heterocycles. The molecule has 1 aromatic carbocycles. The third-order valence-electron chi connectivity index (χ3n) is 3.15. The van der Waals surface area contributed by atoms with Crippen LogP contribution in [0.1, 0.15) is 18.4 Å². The largest absolute Gasteiger partial charge is 0.392 e. The first kappa shape index (κ1) is 14.9. The van der Waals surface area contributed by atoms with Gasteiger partial charge in [0, 0.05) is 23.6 Å². The number of aliphatic hydroxyl groups excluding tert-OH is 1. The van der Waals surface area contributed by atoms with Gasteiger partial charge in [-0.25, -0.2) is 17.1 Å². The number of benzene rings is 1. The van der Waals surface area contributed by atoms with Crippen molar-refractivity contribution in [2.24, 2.45) is 5.92 Å². The van der Waals surface area contributed by atoms with Crippen molar-refractivity contribution in [1.82, 2.24) is 4.31 Å². The molecule has 0 amide bonds. The molecule has 0 bridgehead atoms. The first-order valence-electron chi connectivity index (χ1n) is 5.91. The predicted molar refractivity (Wildman–Crippen MR) is 72.6 cm³/mol.